The van der Waals surface area contributed by atoms with Crippen molar-refractivity contribution >= 4 is 11.9 Å². The number of carbonyl (C=O) groups is 2. The summed E-state index contributed by atoms with van der Waals surface area (Å²) >= 11 is 0. The van der Waals surface area contributed by atoms with Crippen molar-refractivity contribution in [3.05, 3.63) is 35.9 Å². The van der Waals surface area contributed by atoms with Crippen LogP contribution in [0.1, 0.15) is 32.3 Å². The molecule has 1 aliphatic heterocycles. The van der Waals surface area contributed by atoms with Crippen LogP contribution in [0.3, 0.4) is 0 Å². The molecule has 0 aliphatic carbocycles. The quantitative estimate of drug-likeness (QED) is 0.873. The third-order valence-corrected chi connectivity index (χ3v) is 3.72. The van der Waals surface area contributed by atoms with Crippen LogP contribution in [0, 0.1) is 0 Å². The maximum absolute atomic E-state index is 12.7. The van der Waals surface area contributed by atoms with Gasteiger partial charge in [0.2, 0.25) is 5.91 Å². The molecule has 0 saturated carbocycles. The Labute approximate surface area is 132 Å². The Bertz CT molecular complexity index is 496. The molecule has 0 spiro atoms. The lowest BCUT2D eigenvalue weighted by molar-refractivity contribution is -0.132. The van der Waals surface area contributed by atoms with Crippen LogP contribution in [0.2, 0.25) is 0 Å². The van der Waals surface area contributed by atoms with E-state index in [0.29, 0.717) is 6.42 Å². The zero-order chi connectivity index (χ0) is 15.9. The van der Waals surface area contributed by atoms with E-state index in [2.05, 4.69) is 10.6 Å². The minimum absolute atomic E-state index is 0.0141. The molecule has 3 amide bonds. The molecule has 1 saturated heterocycles. The number of hydrogen-bond donors (Lipinski definition) is 2. The van der Waals surface area contributed by atoms with E-state index < -0.39 is 6.04 Å². The van der Waals surface area contributed by atoms with Crippen LogP contribution in [0.15, 0.2) is 30.3 Å². The summed E-state index contributed by atoms with van der Waals surface area (Å²) in [6.07, 6.45) is 2.60. The fourth-order valence-electron chi connectivity index (χ4n) is 2.67. The topological polar surface area (TPSA) is 61.4 Å². The predicted octanol–water partition coefficient (Wildman–Crippen LogP) is 1.93. The van der Waals surface area contributed by atoms with Crippen molar-refractivity contribution < 1.29 is 9.59 Å². The zero-order valence-electron chi connectivity index (χ0n) is 13.3. The Morgan fingerprint density at radius 1 is 1.09 bits per heavy atom. The van der Waals surface area contributed by atoms with Crippen LogP contribution in [0.25, 0.3) is 0 Å². The van der Waals surface area contributed by atoms with Gasteiger partial charge in [-0.1, -0.05) is 30.3 Å². The molecule has 2 rings (SSSR count). The molecule has 1 heterocycles. The highest BCUT2D eigenvalue weighted by Crippen LogP contribution is 2.12. The van der Waals surface area contributed by atoms with Crippen LogP contribution in [-0.2, 0) is 11.2 Å². The Balaban J connectivity index is 2.05. The van der Waals surface area contributed by atoms with Crippen LogP contribution < -0.4 is 10.6 Å². The van der Waals surface area contributed by atoms with E-state index in [1.165, 1.54) is 0 Å². The first-order valence-corrected chi connectivity index (χ1v) is 7.96. The molecule has 22 heavy (non-hydrogen) atoms. The summed E-state index contributed by atoms with van der Waals surface area (Å²) in [6, 6.07) is 9.03. The predicted molar refractivity (Wildman–Crippen MR) is 86.6 cm³/mol. The maximum atomic E-state index is 12.7. The fraction of sp³-hybridized carbons (Fsp3) is 0.529. The summed E-state index contributed by atoms with van der Waals surface area (Å²) in [5.74, 6) is 0.0141. The van der Waals surface area contributed by atoms with Gasteiger partial charge in [0.1, 0.15) is 6.04 Å². The molecule has 120 valence electrons. The summed E-state index contributed by atoms with van der Waals surface area (Å²) < 4.78 is 0. The molecule has 1 aliphatic rings. The number of nitrogens with zero attached hydrogens (tertiary/aromatic N) is 1. The Morgan fingerprint density at radius 3 is 2.32 bits per heavy atom. The summed E-state index contributed by atoms with van der Waals surface area (Å²) in [5.41, 5.74) is 1.05. The van der Waals surface area contributed by atoms with Gasteiger partial charge in [-0.05, 0) is 32.3 Å². The van der Waals surface area contributed by atoms with Gasteiger partial charge in [-0.2, -0.15) is 0 Å². The summed E-state index contributed by atoms with van der Waals surface area (Å²) in [4.78, 5) is 26.5. The lowest BCUT2D eigenvalue weighted by atomic mass is 10.0. The number of hydrogen-bond acceptors (Lipinski definition) is 2. The molecule has 0 aromatic heterocycles. The number of likely N-dealkylation sites (tertiary alicyclic amines) is 1. The minimum atomic E-state index is -0.515. The average molecular weight is 303 g/mol. The summed E-state index contributed by atoms with van der Waals surface area (Å²) in [5, 5.41) is 5.62. The number of amides is 3. The first-order valence-electron chi connectivity index (χ1n) is 7.96. The molecule has 0 bridgehead atoms. The molecule has 1 aromatic carbocycles. The SMILES string of the molecule is CC(C)NC(=O)N[C@H](Cc1ccccc1)C(=O)N1CCCC1. The smallest absolute Gasteiger partial charge is 0.315 e. The number of nitrogens with one attached hydrogen (secondary N) is 2. The highest BCUT2D eigenvalue weighted by Gasteiger charge is 2.28. The Kier molecular flexibility index (Phi) is 5.81. The largest absolute Gasteiger partial charge is 0.341 e. The van der Waals surface area contributed by atoms with Gasteiger partial charge in [0, 0.05) is 25.6 Å². The van der Waals surface area contributed by atoms with Crippen LogP contribution >= 0.6 is 0 Å². The van der Waals surface area contributed by atoms with Gasteiger partial charge < -0.3 is 15.5 Å². The number of rotatable bonds is 5. The monoisotopic (exact) mass is 303 g/mol. The van der Waals surface area contributed by atoms with Gasteiger partial charge in [0.15, 0.2) is 0 Å². The third-order valence-electron chi connectivity index (χ3n) is 3.72. The second-order valence-corrected chi connectivity index (χ2v) is 6.05. The summed E-state index contributed by atoms with van der Waals surface area (Å²) in [6.45, 7) is 5.37. The molecule has 5 heteroatoms. The molecule has 2 N–H and O–H groups in total. The zero-order valence-corrected chi connectivity index (χ0v) is 13.3. The summed E-state index contributed by atoms with van der Waals surface area (Å²) in [7, 11) is 0. The van der Waals surface area contributed by atoms with Gasteiger partial charge in [-0.15, -0.1) is 0 Å². The van der Waals surface area contributed by atoms with Crippen LogP contribution in [0.5, 0.6) is 0 Å². The number of benzene rings is 1. The van der Waals surface area contributed by atoms with E-state index in [-0.39, 0.29) is 18.0 Å². The van der Waals surface area contributed by atoms with Crippen molar-refractivity contribution in [2.45, 2.75) is 45.2 Å². The highest BCUT2D eigenvalue weighted by molar-refractivity contribution is 5.87. The van der Waals surface area contributed by atoms with Gasteiger partial charge in [0.05, 0.1) is 0 Å². The fourth-order valence-corrected chi connectivity index (χ4v) is 2.67. The van der Waals surface area contributed by atoms with Gasteiger partial charge >= 0.3 is 6.03 Å². The second kappa shape index (κ2) is 7.82. The molecule has 1 atom stereocenters. The molecule has 1 fully saturated rings. The standard InChI is InChI=1S/C17H25N3O2/c1-13(2)18-17(22)19-15(12-14-8-4-3-5-9-14)16(21)20-10-6-7-11-20/h3-5,8-9,13,15H,6-7,10-12H2,1-2H3,(H2,18,19,22)/t15-/m1/s1. The number of urea groups is 1. The molecule has 0 unspecified atom stereocenters. The first-order chi connectivity index (χ1) is 10.6. The van der Waals surface area contributed by atoms with E-state index in [1.54, 1.807) is 0 Å². The number of carbonyl (C=O) groups excluding carboxylic acids is 2. The van der Waals surface area contributed by atoms with E-state index in [0.717, 1.165) is 31.5 Å². The lowest BCUT2D eigenvalue weighted by Gasteiger charge is -2.24. The Morgan fingerprint density at radius 2 is 1.73 bits per heavy atom. The van der Waals surface area contributed by atoms with E-state index in [9.17, 15) is 9.59 Å². The van der Waals surface area contributed by atoms with Crippen molar-refractivity contribution in [1.29, 1.82) is 0 Å². The first kappa shape index (κ1) is 16.3. The van der Waals surface area contributed by atoms with E-state index in [1.807, 2.05) is 49.1 Å². The highest BCUT2D eigenvalue weighted by atomic mass is 16.2. The second-order valence-electron chi connectivity index (χ2n) is 6.05. The van der Waals surface area contributed by atoms with E-state index in [4.69, 9.17) is 0 Å². The third kappa shape index (κ3) is 4.76. The van der Waals surface area contributed by atoms with Crippen molar-refractivity contribution in [3.8, 4) is 0 Å². The van der Waals surface area contributed by atoms with Crippen molar-refractivity contribution in [2.24, 2.45) is 0 Å². The minimum Gasteiger partial charge on any atom is -0.341 e. The van der Waals surface area contributed by atoms with E-state index >= 15 is 0 Å². The molecular weight excluding hydrogens is 278 g/mol. The van der Waals surface area contributed by atoms with Crippen LogP contribution in [-0.4, -0.2) is 42.0 Å². The Hall–Kier alpha value is -2.04. The lowest BCUT2D eigenvalue weighted by Crippen LogP contribution is -2.52. The maximum Gasteiger partial charge on any atom is 0.315 e. The molecular formula is C17H25N3O2. The van der Waals surface area contributed by atoms with Crippen molar-refractivity contribution in [1.82, 2.24) is 15.5 Å². The van der Waals surface area contributed by atoms with Crippen LogP contribution in [0.4, 0.5) is 4.79 Å². The van der Waals surface area contributed by atoms with Crippen molar-refractivity contribution in [3.63, 3.8) is 0 Å². The van der Waals surface area contributed by atoms with Gasteiger partial charge in [-0.3, -0.25) is 4.79 Å². The van der Waals surface area contributed by atoms with Gasteiger partial charge in [0.25, 0.3) is 0 Å². The molecule has 1 aromatic rings. The van der Waals surface area contributed by atoms with Crippen molar-refractivity contribution in [2.75, 3.05) is 13.1 Å². The van der Waals surface area contributed by atoms with Gasteiger partial charge in [-0.25, -0.2) is 4.79 Å². The molecule has 5 nitrogen and oxygen atoms in total. The molecule has 0 radical (unpaired) electrons. The normalized spacial score (nSPS) is 15.7. The average Bonchev–Trinajstić information content (AvgIpc) is 3.00.